The molecule has 0 aliphatic carbocycles. The van der Waals surface area contributed by atoms with E-state index in [1.54, 1.807) is 7.05 Å². The molecule has 26 heavy (non-hydrogen) atoms. The number of nitrogens with zero attached hydrogens (tertiary/aromatic N) is 1. The lowest BCUT2D eigenvalue weighted by atomic mass is 10.1. The van der Waals surface area contributed by atoms with Crippen LogP contribution in [0.15, 0.2) is 0 Å². The molecule has 0 aromatic heterocycles. The van der Waals surface area contributed by atoms with Crippen LogP contribution in [-0.2, 0) is 4.79 Å². The zero-order valence-corrected chi connectivity index (χ0v) is 17.0. The van der Waals surface area contributed by atoms with Crippen LogP contribution in [0.3, 0.4) is 0 Å². The Morgan fingerprint density at radius 3 is 2.58 bits per heavy atom. The predicted octanol–water partition coefficient (Wildman–Crippen LogP) is -0.152. The first-order chi connectivity index (χ1) is 12.1. The SMILES string of the molecule is CNC(=O)CCNC[C@@H]1C[C@@H](NC(=O)NC(C)(C)C)CN1C[C@@H](C)CN. The smallest absolute Gasteiger partial charge is 0.315 e. The molecule has 3 atom stereocenters. The van der Waals surface area contributed by atoms with Crippen molar-refractivity contribution in [2.24, 2.45) is 11.7 Å². The highest BCUT2D eigenvalue weighted by Gasteiger charge is 2.33. The highest BCUT2D eigenvalue weighted by molar-refractivity contribution is 5.75. The van der Waals surface area contributed by atoms with Gasteiger partial charge in [0.2, 0.25) is 5.91 Å². The summed E-state index contributed by atoms with van der Waals surface area (Å²) in [5.74, 6) is 0.446. The minimum atomic E-state index is -0.253. The summed E-state index contributed by atoms with van der Waals surface area (Å²) in [7, 11) is 1.65. The van der Waals surface area contributed by atoms with Gasteiger partial charge in [-0.25, -0.2) is 4.79 Å². The van der Waals surface area contributed by atoms with Gasteiger partial charge < -0.3 is 27.0 Å². The molecule has 0 bridgehead atoms. The summed E-state index contributed by atoms with van der Waals surface area (Å²) < 4.78 is 0. The lowest BCUT2D eigenvalue weighted by molar-refractivity contribution is -0.120. The van der Waals surface area contributed by atoms with Crippen molar-refractivity contribution in [3.05, 3.63) is 0 Å². The monoisotopic (exact) mass is 370 g/mol. The molecule has 1 aliphatic heterocycles. The maximum absolute atomic E-state index is 12.2. The Labute approximate surface area is 158 Å². The molecule has 1 fully saturated rings. The quantitative estimate of drug-likeness (QED) is 0.362. The van der Waals surface area contributed by atoms with E-state index in [9.17, 15) is 9.59 Å². The third-order valence-electron chi connectivity index (χ3n) is 4.49. The van der Waals surface area contributed by atoms with E-state index in [1.807, 2.05) is 20.8 Å². The fourth-order valence-corrected chi connectivity index (χ4v) is 3.16. The largest absolute Gasteiger partial charge is 0.359 e. The highest BCUT2D eigenvalue weighted by atomic mass is 16.2. The van der Waals surface area contributed by atoms with E-state index < -0.39 is 0 Å². The first-order valence-electron chi connectivity index (χ1n) is 9.58. The first kappa shape index (κ1) is 22.7. The molecular formula is C18H38N6O2. The number of nitrogens with one attached hydrogen (secondary N) is 4. The van der Waals surface area contributed by atoms with Gasteiger partial charge in [0.25, 0.3) is 0 Å². The summed E-state index contributed by atoms with van der Waals surface area (Å²) in [5, 5.41) is 12.0. The molecule has 1 saturated heterocycles. The van der Waals surface area contributed by atoms with Crippen molar-refractivity contribution in [1.82, 2.24) is 26.2 Å². The van der Waals surface area contributed by atoms with Gasteiger partial charge in [-0.3, -0.25) is 9.69 Å². The van der Waals surface area contributed by atoms with E-state index in [1.165, 1.54) is 0 Å². The lowest BCUT2D eigenvalue weighted by Gasteiger charge is -2.27. The van der Waals surface area contributed by atoms with Gasteiger partial charge in [-0.15, -0.1) is 0 Å². The zero-order chi connectivity index (χ0) is 19.7. The summed E-state index contributed by atoms with van der Waals surface area (Å²) in [5.41, 5.74) is 5.53. The number of rotatable bonds is 9. The second-order valence-corrected chi connectivity index (χ2v) is 8.36. The number of hydrogen-bond donors (Lipinski definition) is 5. The predicted molar refractivity (Wildman–Crippen MR) is 105 cm³/mol. The molecular weight excluding hydrogens is 332 g/mol. The van der Waals surface area contributed by atoms with E-state index in [0.29, 0.717) is 31.5 Å². The van der Waals surface area contributed by atoms with Crippen LogP contribution in [0, 0.1) is 5.92 Å². The fraction of sp³-hybridized carbons (Fsp3) is 0.889. The molecule has 8 heteroatoms. The average Bonchev–Trinajstić information content (AvgIpc) is 2.90. The summed E-state index contributed by atoms with van der Waals surface area (Å²) in [4.78, 5) is 25.9. The number of hydrogen-bond acceptors (Lipinski definition) is 5. The van der Waals surface area contributed by atoms with E-state index in [-0.39, 0.29) is 23.5 Å². The molecule has 0 saturated carbocycles. The summed E-state index contributed by atoms with van der Waals surface area (Å²) in [6, 6.07) is 0.323. The number of nitrogens with two attached hydrogens (primary N) is 1. The Hall–Kier alpha value is -1.38. The molecule has 152 valence electrons. The van der Waals surface area contributed by atoms with E-state index in [4.69, 9.17) is 5.73 Å². The van der Waals surface area contributed by atoms with Crippen LogP contribution < -0.4 is 27.0 Å². The number of amides is 3. The summed E-state index contributed by atoms with van der Waals surface area (Å²) in [6.45, 7) is 11.9. The van der Waals surface area contributed by atoms with Crippen LogP contribution in [0.25, 0.3) is 0 Å². The zero-order valence-electron chi connectivity index (χ0n) is 17.0. The van der Waals surface area contributed by atoms with Crippen LogP contribution in [0.2, 0.25) is 0 Å². The van der Waals surface area contributed by atoms with Gasteiger partial charge >= 0.3 is 6.03 Å². The third-order valence-corrected chi connectivity index (χ3v) is 4.49. The van der Waals surface area contributed by atoms with Crippen molar-refractivity contribution in [3.8, 4) is 0 Å². The van der Waals surface area contributed by atoms with Gasteiger partial charge in [0.1, 0.15) is 0 Å². The molecule has 3 amide bonds. The van der Waals surface area contributed by atoms with Gasteiger partial charge in [0, 0.05) is 57.3 Å². The summed E-state index contributed by atoms with van der Waals surface area (Å²) >= 11 is 0. The Balaban J connectivity index is 2.53. The normalized spacial score (nSPS) is 22.1. The van der Waals surface area contributed by atoms with Crippen molar-refractivity contribution in [2.45, 2.75) is 58.2 Å². The van der Waals surface area contributed by atoms with Crippen molar-refractivity contribution in [1.29, 1.82) is 0 Å². The molecule has 0 unspecified atom stereocenters. The van der Waals surface area contributed by atoms with E-state index in [0.717, 1.165) is 26.1 Å². The minimum Gasteiger partial charge on any atom is -0.359 e. The minimum absolute atomic E-state index is 0.0379. The van der Waals surface area contributed by atoms with Gasteiger partial charge in [-0.05, 0) is 39.7 Å². The molecule has 0 aromatic carbocycles. The van der Waals surface area contributed by atoms with Crippen molar-refractivity contribution in [3.63, 3.8) is 0 Å². The highest BCUT2D eigenvalue weighted by Crippen LogP contribution is 2.19. The molecule has 0 radical (unpaired) electrons. The van der Waals surface area contributed by atoms with Gasteiger partial charge in [0.05, 0.1) is 0 Å². The molecule has 1 aliphatic rings. The molecule has 6 N–H and O–H groups in total. The van der Waals surface area contributed by atoms with Crippen LogP contribution in [0.5, 0.6) is 0 Å². The van der Waals surface area contributed by atoms with Crippen LogP contribution in [0.1, 0.15) is 40.5 Å². The Morgan fingerprint density at radius 1 is 1.31 bits per heavy atom. The Morgan fingerprint density at radius 2 is 2.00 bits per heavy atom. The number of urea groups is 1. The molecule has 1 rings (SSSR count). The Bertz CT molecular complexity index is 451. The van der Waals surface area contributed by atoms with Crippen molar-refractivity contribution in [2.75, 3.05) is 39.8 Å². The number of carbonyl (C=O) groups excluding carboxylic acids is 2. The van der Waals surface area contributed by atoms with Crippen molar-refractivity contribution >= 4 is 11.9 Å². The molecule has 8 nitrogen and oxygen atoms in total. The van der Waals surface area contributed by atoms with Crippen LogP contribution >= 0.6 is 0 Å². The second-order valence-electron chi connectivity index (χ2n) is 8.36. The van der Waals surface area contributed by atoms with Gasteiger partial charge in [0.15, 0.2) is 0 Å². The molecule has 1 heterocycles. The first-order valence-corrected chi connectivity index (χ1v) is 9.58. The maximum Gasteiger partial charge on any atom is 0.315 e. The lowest BCUT2D eigenvalue weighted by Crippen LogP contribution is -2.50. The van der Waals surface area contributed by atoms with Crippen LogP contribution in [-0.4, -0.2) is 74.2 Å². The standard InChI is InChI=1S/C18H38N6O2/c1-13(9-19)11-24-12-14(22-17(26)23-18(2,3)4)8-15(24)10-21-7-6-16(25)20-5/h13-15,21H,6-12,19H2,1-5H3,(H,20,25)(H2,22,23,26)/t13-,14+,15-/m0/s1. The topological polar surface area (TPSA) is 112 Å². The average molecular weight is 371 g/mol. The molecule has 0 aromatic rings. The van der Waals surface area contributed by atoms with Gasteiger partial charge in [-0.2, -0.15) is 0 Å². The van der Waals surface area contributed by atoms with E-state index >= 15 is 0 Å². The van der Waals surface area contributed by atoms with E-state index in [2.05, 4.69) is 33.1 Å². The fourth-order valence-electron chi connectivity index (χ4n) is 3.16. The third kappa shape index (κ3) is 8.82. The maximum atomic E-state index is 12.2. The summed E-state index contributed by atoms with van der Waals surface area (Å²) in [6.07, 6.45) is 1.36. The number of likely N-dealkylation sites (tertiary alicyclic amines) is 1. The molecule has 0 spiro atoms. The van der Waals surface area contributed by atoms with Gasteiger partial charge in [-0.1, -0.05) is 6.92 Å². The van der Waals surface area contributed by atoms with Crippen LogP contribution in [0.4, 0.5) is 4.79 Å². The Kier molecular flexibility index (Phi) is 9.32. The second kappa shape index (κ2) is 10.7. The number of carbonyl (C=O) groups is 2. The van der Waals surface area contributed by atoms with Crippen molar-refractivity contribution < 1.29 is 9.59 Å².